The van der Waals surface area contributed by atoms with Crippen LogP contribution in [-0.4, -0.2) is 30.0 Å². The van der Waals surface area contributed by atoms with E-state index in [4.69, 9.17) is 27.9 Å². The Morgan fingerprint density at radius 2 is 1.45 bits per heavy atom. The van der Waals surface area contributed by atoms with Gasteiger partial charge in [-0.05, 0) is 36.4 Å². The van der Waals surface area contributed by atoms with Gasteiger partial charge in [0.2, 0.25) is 0 Å². The van der Waals surface area contributed by atoms with Crippen molar-refractivity contribution in [2.75, 3.05) is 11.9 Å². The third-order valence-corrected chi connectivity index (χ3v) is 5.36. The molecule has 0 fully saturated rings. The summed E-state index contributed by atoms with van der Waals surface area (Å²) in [5.74, 6) is -2.26. The average molecular weight is 454 g/mol. The zero-order chi connectivity index (χ0) is 22.1. The highest BCUT2D eigenvalue weighted by Crippen LogP contribution is 2.34. The van der Waals surface area contributed by atoms with Crippen LogP contribution in [0.5, 0.6) is 0 Å². The van der Waals surface area contributed by atoms with Crippen LogP contribution in [0.3, 0.4) is 0 Å². The summed E-state index contributed by atoms with van der Waals surface area (Å²) in [7, 11) is 0. The van der Waals surface area contributed by atoms with E-state index in [-0.39, 0.29) is 38.6 Å². The molecule has 0 radical (unpaired) electrons. The van der Waals surface area contributed by atoms with Gasteiger partial charge in [0, 0.05) is 27.4 Å². The lowest BCUT2D eigenvalue weighted by atomic mass is 9.83. The molecule has 1 N–H and O–H groups in total. The molecule has 31 heavy (non-hydrogen) atoms. The van der Waals surface area contributed by atoms with Crippen LogP contribution in [0.1, 0.15) is 42.2 Å². The van der Waals surface area contributed by atoms with E-state index in [1.54, 1.807) is 42.5 Å². The second-order valence-electron chi connectivity index (χ2n) is 6.68. The Balaban J connectivity index is 1.52. The molecule has 0 saturated carbocycles. The molecule has 154 valence electrons. The first kappa shape index (κ1) is 20.8. The number of benzene rings is 3. The van der Waals surface area contributed by atoms with Crippen molar-refractivity contribution in [3.63, 3.8) is 0 Å². The molecule has 3 aromatic rings. The predicted molar refractivity (Wildman–Crippen MR) is 115 cm³/mol. The summed E-state index contributed by atoms with van der Waals surface area (Å²) < 4.78 is 5.03. The number of carbonyl (C=O) groups is 4. The van der Waals surface area contributed by atoms with Crippen molar-refractivity contribution in [3.05, 3.63) is 98.5 Å². The van der Waals surface area contributed by atoms with Gasteiger partial charge in [-0.15, -0.1) is 0 Å². The summed E-state index contributed by atoms with van der Waals surface area (Å²) in [4.78, 5) is 50.1. The number of ketones is 2. The summed E-state index contributed by atoms with van der Waals surface area (Å²) in [5, 5.41) is 2.89. The molecule has 0 atom stereocenters. The van der Waals surface area contributed by atoms with Crippen LogP contribution in [0.25, 0.3) is 0 Å². The van der Waals surface area contributed by atoms with Crippen LogP contribution in [0, 0.1) is 0 Å². The maximum Gasteiger partial charge on any atom is 0.340 e. The summed E-state index contributed by atoms with van der Waals surface area (Å²) in [6, 6.07) is 15.5. The van der Waals surface area contributed by atoms with Gasteiger partial charge in [-0.1, -0.05) is 47.5 Å². The first-order valence-corrected chi connectivity index (χ1v) is 9.86. The summed E-state index contributed by atoms with van der Waals surface area (Å²) in [5.41, 5.74) is 0.941. The van der Waals surface area contributed by atoms with Gasteiger partial charge in [0.05, 0.1) is 16.1 Å². The van der Waals surface area contributed by atoms with Crippen molar-refractivity contribution in [2.45, 2.75) is 0 Å². The van der Waals surface area contributed by atoms with Crippen molar-refractivity contribution in [1.29, 1.82) is 0 Å². The molecular formula is C23H13Cl2NO5. The number of anilines is 1. The van der Waals surface area contributed by atoms with Gasteiger partial charge in [-0.3, -0.25) is 14.4 Å². The SMILES string of the molecule is O=C(COC(=O)c1ccc2c(c1Cl)C(=O)c1ccccc1C2=O)Nc1ccc(Cl)cc1. The number of hydrogen-bond acceptors (Lipinski definition) is 5. The van der Waals surface area contributed by atoms with E-state index in [9.17, 15) is 19.2 Å². The molecule has 0 saturated heterocycles. The zero-order valence-corrected chi connectivity index (χ0v) is 17.3. The Morgan fingerprint density at radius 1 is 0.806 bits per heavy atom. The molecule has 0 spiro atoms. The molecule has 1 amide bonds. The smallest absolute Gasteiger partial charge is 0.340 e. The first-order chi connectivity index (χ1) is 14.9. The van der Waals surface area contributed by atoms with Gasteiger partial charge in [-0.2, -0.15) is 0 Å². The van der Waals surface area contributed by atoms with Crippen molar-refractivity contribution >= 4 is 52.3 Å². The number of fused-ring (bicyclic) bond motifs is 2. The van der Waals surface area contributed by atoms with Crippen molar-refractivity contribution in [3.8, 4) is 0 Å². The van der Waals surface area contributed by atoms with Crippen LogP contribution in [0.2, 0.25) is 10.0 Å². The largest absolute Gasteiger partial charge is 0.452 e. The number of rotatable bonds is 4. The maximum atomic E-state index is 12.9. The Morgan fingerprint density at radius 3 is 2.13 bits per heavy atom. The third kappa shape index (κ3) is 3.95. The highest BCUT2D eigenvalue weighted by Gasteiger charge is 2.33. The first-order valence-electron chi connectivity index (χ1n) is 9.10. The van der Waals surface area contributed by atoms with E-state index in [0.29, 0.717) is 10.7 Å². The normalized spacial score (nSPS) is 12.1. The summed E-state index contributed by atoms with van der Waals surface area (Å²) in [6.07, 6.45) is 0. The van der Waals surface area contributed by atoms with Gasteiger partial charge in [0.15, 0.2) is 18.2 Å². The number of nitrogens with one attached hydrogen (secondary N) is 1. The molecule has 6 nitrogen and oxygen atoms in total. The summed E-state index contributed by atoms with van der Waals surface area (Å²) in [6.45, 7) is -0.565. The zero-order valence-electron chi connectivity index (χ0n) is 15.8. The van der Waals surface area contributed by atoms with Crippen LogP contribution >= 0.6 is 23.2 Å². The van der Waals surface area contributed by atoms with Crippen molar-refractivity contribution in [1.82, 2.24) is 0 Å². The lowest BCUT2D eigenvalue weighted by Gasteiger charge is -2.19. The van der Waals surface area contributed by atoms with E-state index >= 15 is 0 Å². The molecule has 1 aliphatic rings. The van der Waals surface area contributed by atoms with E-state index in [2.05, 4.69) is 5.32 Å². The van der Waals surface area contributed by atoms with E-state index in [1.807, 2.05) is 0 Å². The van der Waals surface area contributed by atoms with Crippen LogP contribution < -0.4 is 5.32 Å². The molecule has 0 aromatic heterocycles. The van der Waals surface area contributed by atoms with Crippen LogP contribution in [-0.2, 0) is 9.53 Å². The second-order valence-corrected chi connectivity index (χ2v) is 7.50. The average Bonchev–Trinajstić information content (AvgIpc) is 2.77. The Labute approximate surface area is 186 Å². The molecule has 0 unspecified atom stereocenters. The van der Waals surface area contributed by atoms with Gasteiger partial charge in [-0.25, -0.2) is 4.79 Å². The van der Waals surface area contributed by atoms with Crippen LogP contribution in [0.15, 0.2) is 60.7 Å². The van der Waals surface area contributed by atoms with Gasteiger partial charge in [0.25, 0.3) is 5.91 Å². The van der Waals surface area contributed by atoms with Gasteiger partial charge in [0.1, 0.15) is 0 Å². The minimum atomic E-state index is -0.891. The molecule has 4 rings (SSSR count). The Hall–Kier alpha value is -3.48. The molecular weight excluding hydrogens is 441 g/mol. The minimum absolute atomic E-state index is 0.0505. The van der Waals surface area contributed by atoms with Gasteiger partial charge >= 0.3 is 5.97 Å². The number of amides is 1. The number of ether oxygens (including phenoxy) is 1. The number of esters is 1. The monoisotopic (exact) mass is 453 g/mol. The second kappa shape index (κ2) is 8.34. The lowest BCUT2D eigenvalue weighted by molar-refractivity contribution is -0.119. The fourth-order valence-electron chi connectivity index (χ4n) is 3.24. The fourth-order valence-corrected chi connectivity index (χ4v) is 3.70. The molecule has 0 bridgehead atoms. The van der Waals surface area contributed by atoms with E-state index < -0.39 is 24.3 Å². The lowest BCUT2D eigenvalue weighted by Crippen LogP contribution is -2.24. The van der Waals surface area contributed by atoms with Crippen molar-refractivity contribution < 1.29 is 23.9 Å². The topological polar surface area (TPSA) is 89.5 Å². The summed E-state index contributed by atoms with van der Waals surface area (Å²) >= 11 is 12.1. The molecule has 0 aliphatic heterocycles. The van der Waals surface area contributed by atoms with E-state index in [0.717, 1.165) is 0 Å². The third-order valence-electron chi connectivity index (χ3n) is 4.71. The molecule has 8 heteroatoms. The quantitative estimate of drug-likeness (QED) is 0.457. The van der Waals surface area contributed by atoms with Gasteiger partial charge < -0.3 is 10.1 Å². The van der Waals surface area contributed by atoms with Crippen LogP contribution in [0.4, 0.5) is 5.69 Å². The standard InChI is InChI=1S/C23H13Cl2NO5/c24-12-5-7-13(8-6-12)26-18(27)11-31-23(30)17-10-9-16-19(20(17)25)22(29)15-4-2-1-3-14(15)21(16)28/h1-10H,11H2,(H,26,27). The fraction of sp³-hybridized carbons (Fsp3) is 0.0435. The molecule has 3 aromatic carbocycles. The molecule has 1 aliphatic carbocycles. The predicted octanol–water partition coefficient (Wildman–Crippen LogP) is 4.56. The number of halogens is 2. The number of hydrogen-bond donors (Lipinski definition) is 1. The van der Waals surface area contributed by atoms with E-state index in [1.165, 1.54) is 18.2 Å². The maximum absolute atomic E-state index is 12.9. The Kier molecular flexibility index (Phi) is 5.59. The van der Waals surface area contributed by atoms with Crippen molar-refractivity contribution in [2.24, 2.45) is 0 Å². The molecule has 0 heterocycles. The Bertz CT molecular complexity index is 1250. The highest BCUT2D eigenvalue weighted by atomic mass is 35.5. The minimum Gasteiger partial charge on any atom is -0.452 e. The highest BCUT2D eigenvalue weighted by molar-refractivity contribution is 6.41. The number of carbonyl (C=O) groups excluding carboxylic acids is 4.